The Morgan fingerprint density at radius 2 is 1.91 bits per heavy atom. The third kappa shape index (κ3) is 4.93. The molecule has 4 rings (SSSR count). The molecule has 0 spiro atoms. The van der Waals surface area contributed by atoms with Crippen LogP contribution in [0.5, 0.6) is 5.75 Å². The molecule has 0 aliphatic carbocycles. The smallest absolute Gasteiger partial charge is 0.194 e. The van der Waals surface area contributed by atoms with Gasteiger partial charge in [-0.2, -0.15) is 0 Å². The van der Waals surface area contributed by atoms with Crippen LogP contribution in [0.25, 0.3) is 0 Å². The summed E-state index contributed by atoms with van der Waals surface area (Å²) in [7, 11) is 3.68. The zero-order chi connectivity index (χ0) is 22.5. The molecule has 1 fully saturated rings. The summed E-state index contributed by atoms with van der Waals surface area (Å²) in [5.74, 6) is 4.03. The van der Waals surface area contributed by atoms with E-state index in [9.17, 15) is 0 Å². The van der Waals surface area contributed by atoms with Gasteiger partial charge in [-0.1, -0.05) is 42.5 Å². The van der Waals surface area contributed by atoms with E-state index in [-0.39, 0.29) is 6.04 Å². The van der Waals surface area contributed by atoms with Gasteiger partial charge in [0.2, 0.25) is 0 Å². The Morgan fingerprint density at radius 1 is 1.16 bits per heavy atom. The van der Waals surface area contributed by atoms with Crippen molar-refractivity contribution in [1.29, 1.82) is 0 Å². The molecule has 2 heterocycles. The maximum Gasteiger partial charge on any atom is 0.194 e. The first-order valence-electron chi connectivity index (χ1n) is 11.1. The number of nitrogens with zero attached hydrogens (tertiary/aromatic N) is 5. The van der Waals surface area contributed by atoms with Crippen molar-refractivity contribution in [2.45, 2.75) is 38.8 Å². The van der Waals surface area contributed by atoms with E-state index in [1.165, 1.54) is 11.1 Å². The fourth-order valence-corrected chi connectivity index (χ4v) is 4.09. The highest BCUT2D eigenvalue weighted by atomic mass is 16.5. The molecule has 2 unspecified atom stereocenters. The van der Waals surface area contributed by atoms with Gasteiger partial charge in [0, 0.05) is 26.1 Å². The number of aryl methyl sites for hydroxylation is 1. The van der Waals surface area contributed by atoms with Gasteiger partial charge in [0.1, 0.15) is 18.1 Å². The third-order valence-electron chi connectivity index (χ3n) is 6.27. The van der Waals surface area contributed by atoms with Crippen LogP contribution in [0.3, 0.4) is 0 Å². The lowest BCUT2D eigenvalue weighted by molar-refractivity contribution is 0.414. The van der Waals surface area contributed by atoms with Gasteiger partial charge < -0.3 is 19.5 Å². The van der Waals surface area contributed by atoms with Crippen LogP contribution < -0.4 is 10.1 Å². The Morgan fingerprint density at radius 3 is 2.56 bits per heavy atom. The van der Waals surface area contributed by atoms with Crippen LogP contribution in [0.1, 0.15) is 48.1 Å². The summed E-state index contributed by atoms with van der Waals surface area (Å²) in [4.78, 5) is 7.32. The summed E-state index contributed by atoms with van der Waals surface area (Å²) in [6, 6.07) is 19.1. The number of rotatable bonds is 6. The second-order valence-electron chi connectivity index (χ2n) is 8.34. The van der Waals surface area contributed by atoms with Crippen molar-refractivity contribution in [3.05, 3.63) is 77.4 Å². The molecule has 1 aromatic heterocycles. The van der Waals surface area contributed by atoms with Crippen molar-refractivity contribution >= 4 is 5.96 Å². The van der Waals surface area contributed by atoms with E-state index < -0.39 is 0 Å². The monoisotopic (exact) mass is 432 g/mol. The first kappa shape index (κ1) is 21.9. The standard InChI is InChI=1S/C25H32N6O/c1-18(20-8-6-5-7-9-20)27-25(26-16-24-29-28-19(2)30(24)3)31-15-14-22(17-31)21-10-12-23(32-4)13-11-21/h5-13,18,22H,14-17H2,1-4H3,(H,26,27). The van der Waals surface area contributed by atoms with Crippen LogP contribution in [0, 0.1) is 6.92 Å². The van der Waals surface area contributed by atoms with Gasteiger partial charge in [0.25, 0.3) is 0 Å². The summed E-state index contributed by atoms with van der Waals surface area (Å²) >= 11 is 0. The first-order valence-corrected chi connectivity index (χ1v) is 11.1. The van der Waals surface area contributed by atoms with E-state index in [2.05, 4.69) is 63.7 Å². The van der Waals surface area contributed by atoms with Crippen molar-refractivity contribution in [3.8, 4) is 5.75 Å². The molecule has 0 bridgehead atoms. The maximum absolute atomic E-state index is 5.31. The molecule has 1 aliphatic heterocycles. The van der Waals surface area contributed by atoms with E-state index in [1.807, 2.05) is 36.7 Å². The molecule has 2 aromatic carbocycles. The molecule has 1 saturated heterocycles. The van der Waals surface area contributed by atoms with E-state index >= 15 is 0 Å². The van der Waals surface area contributed by atoms with Crippen LogP contribution in [0.4, 0.5) is 0 Å². The molecule has 7 nitrogen and oxygen atoms in total. The van der Waals surface area contributed by atoms with Gasteiger partial charge in [-0.25, -0.2) is 4.99 Å². The minimum Gasteiger partial charge on any atom is -0.497 e. The van der Waals surface area contributed by atoms with Crippen LogP contribution >= 0.6 is 0 Å². The van der Waals surface area contributed by atoms with Gasteiger partial charge in [-0.3, -0.25) is 0 Å². The Kier molecular flexibility index (Phi) is 6.73. The maximum atomic E-state index is 5.31. The Labute approximate surface area is 190 Å². The Hall–Kier alpha value is -3.35. The molecular formula is C25H32N6O. The number of aliphatic imine (C=N–C) groups is 1. The number of guanidine groups is 1. The number of methoxy groups -OCH3 is 1. The molecule has 2 atom stereocenters. The summed E-state index contributed by atoms with van der Waals surface area (Å²) in [6.45, 7) is 6.51. The quantitative estimate of drug-likeness (QED) is 0.474. The van der Waals surface area contributed by atoms with Crippen molar-refractivity contribution in [2.24, 2.45) is 12.0 Å². The van der Waals surface area contributed by atoms with Crippen molar-refractivity contribution in [1.82, 2.24) is 25.0 Å². The summed E-state index contributed by atoms with van der Waals surface area (Å²) < 4.78 is 7.30. The molecule has 0 saturated carbocycles. The number of hydrogen-bond donors (Lipinski definition) is 1. The molecule has 168 valence electrons. The Bertz CT molecular complexity index is 1040. The SMILES string of the molecule is COc1ccc(C2CCN(C(=NCc3nnc(C)n3C)NC(C)c3ccccc3)C2)cc1. The largest absolute Gasteiger partial charge is 0.497 e. The highest BCUT2D eigenvalue weighted by molar-refractivity contribution is 5.81. The normalized spacial score (nSPS) is 17.4. The molecule has 1 aliphatic rings. The van der Waals surface area contributed by atoms with Crippen molar-refractivity contribution in [2.75, 3.05) is 20.2 Å². The predicted molar refractivity (Wildman–Crippen MR) is 127 cm³/mol. The Balaban J connectivity index is 1.52. The minimum absolute atomic E-state index is 0.149. The molecule has 0 radical (unpaired) electrons. The van der Waals surface area contributed by atoms with Gasteiger partial charge in [-0.15, -0.1) is 10.2 Å². The van der Waals surface area contributed by atoms with E-state index in [0.717, 1.165) is 42.9 Å². The van der Waals surface area contributed by atoms with Crippen LogP contribution in [-0.4, -0.2) is 45.8 Å². The molecular weight excluding hydrogens is 400 g/mol. The fourth-order valence-electron chi connectivity index (χ4n) is 4.09. The predicted octanol–water partition coefficient (Wildman–Crippen LogP) is 3.83. The van der Waals surface area contributed by atoms with Crippen molar-refractivity contribution < 1.29 is 4.74 Å². The van der Waals surface area contributed by atoms with Gasteiger partial charge in [0.15, 0.2) is 11.8 Å². The number of benzene rings is 2. The third-order valence-corrected chi connectivity index (χ3v) is 6.27. The number of hydrogen-bond acceptors (Lipinski definition) is 4. The van der Waals surface area contributed by atoms with Gasteiger partial charge >= 0.3 is 0 Å². The molecule has 7 heteroatoms. The van der Waals surface area contributed by atoms with Crippen LogP contribution in [0.2, 0.25) is 0 Å². The van der Waals surface area contributed by atoms with Gasteiger partial charge in [0.05, 0.1) is 13.2 Å². The fraction of sp³-hybridized carbons (Fsp3) is 0.400. The second kappa shape index (κ2) is 9.85. The highest BCUT2D eigenvalue weighted by Crippen LogP contribution is 2.29. The summed E-state index contributed by atoms with van der Waals surface area (Å²) in [5, 5.41) is 12.1. The number of ether oxygens (including phenoxy) is 1. The second-order valence-corrected chi connectivity index (χ2v) is 8.34. The summed E-state index contributed by atoms with van der Waals surface area (Å²) in [5.41, 5.74) is 2.58. The number of likely N-dealkylation sites (tertiary alicyclic amines) is 1. The lowest BCUT2D eigenvalue weighted by Crippen LogP contribution is -2.41. The lowest BCUT2D eigenvalue weighted by Gasteiger charge is -2.26. The minimum atomic E-state index is 0.149. The number of nitrogens with one attached hydrogen (secondary N) is 1. The van der Waals surface area contributed by atoms with Gasteiger partial charge in [-0.05, 0) is 43.5 Å². The zero-order valence-electron chi connectivity index (χ0n) is 19.3. The topological polar surface area (TPSA) is 67.6 Å². The molecule has 3 aromatic rings. The molecule has 0 amide bonds. The zero-order valence-corrected chi connectivity index (χ0v) is 19.3. The lowest BCUT2D eigenvalue weighted by atomic mass is 9.98. The summed E-state index contributed by atoms with van der Waals surface area (Å²) in [6.07, 6.45) is 1.09. The highest BCUT2D eigenvalue weighted by Gasteiger charge is 2.27. The molecule has 1 N–H and O–H groups in total. The number of aromatic nitrogens is 3. The van der Waals surface area contributed by atoms with E-state index in [4.69, 9.17) is 9.73 Å². The first-order chi connectivity index (χ1) is 15.5. The van der Waals surface area contributed by atoms with E-state index in [1.54, 1.807) is 7.11 Å². The average Bonchev–Trinajstić information content (AvgIpc) is 3.45. The van der Waals surface area contributed by atoms with E-state index in [0.29, 0.717) is 12.5 Å². The van der Waals surface area contributed by atoms with Crippen LogP contribution in [0.15, 0.2) is 59.6 Å². The van der Waals surface area contributed by atoms with Crippen molar-refractivity contribution in [3.63, 3.8) is 0 Å². The molecule has 32 heavy (non-hydrogen) atoms. The average molecular weight is 433 g/mol. The van der Waals surface area contributed by atoms with Crippen LogP contribution in [-0.2, 0) is 13.6 Å².